The topological polar surface area (TPSA) is 72.7 Å². The van der Waals surface area contributed by atoms with Gasteiger partial charge in [-0.3, -0.25) is 4.79 Å². The minimum atomic E-state index is -0.298. The summed E-state index contributed by atoms with van der Waals surface area (Å²) >= 11 is 1.27. The molecule has 2 aromatic carbocycles. The van der Waals surface area contributed by atoms with Crippen molar-refractivity contribution in [1.82, 2.24) is 25.5 Å². The average Bonchev–Trinajstić information content (AvgIpc) is 3.20. The molecule has 1 heterocycles. The zero-order chi connectivity index (χ0) is 20.6. The smallest absolute Gasteiger partial charge is 0.230 e. The summed E-state index contributed by atoms with van der Waals surface area (Å²) in [5.74, 6) is -0.259. The predicted molar refractivity (Wildman–Crippen MR) is 111 cm³/mol. The number of carbonyl (C=O) groups excluding carboxylic acids is 1. The molecular formula is C21H24FN5OS. The van der Waals surface area contributed by atoms with Crippen molar-refractivity contribution in [2.75, 3.05) is 5.75 Å². The minimum absolute atomic E-state index is 0.142. The lowest BCUT2D eigenvalue weighted by molar-refractivity contribution is -0.119. The molecule has 0 bridgehead atoms. The molecule has 1 amide bonds. The number of halogens is 1. The van der Waals surface area contributed by atoms with Crippen LogP contribution in [0.2, 0.25) is 0 Å². The van der Waals surface area contributed by atoms with E-state index in [0.717, 1.165) is 30.5 Å². The van der Waals surface area contributed by atoms with Gasteiger partial charge in [0.05, 0.1) is 17.5 Å². The van der Waals surface area contributed by atoms with Gasteiger partial charge in [-0.1, -0.05) is 49.4 Å². The van der Waals surface area contributed by atoms with E-state index < -0.39 is 0 Å². The number of nitrogens with zero attached hydrogens (tertiary/aromatic N) is 4. The number of benzene rings is 2. The maximum Gasteiger partial charge on any atom is 0.230 e. The van der Waals surface area contributed by atoms with Gasteiger partial charge >= 0.3 is 0 Å². The molecule has 0 radical (unpaired) electrons. The predicted octanol–water partition coefficient (Wildman–Crippen LogP) is 4.11. The van der Waals surface area contributed by atoms with Gasteiger partial charge in [0.2, 0.25) is 11.1 Å². The molecule has 0 saturated carbocycles. The van der Waals surface area contributed by atoms with Crippen LogP contribution < -0.4 is 5.32 Å². The van der Waals surface area contributed by atoms with Gasteiger partial charge < -0.3 is 5.32 Å². The van der Waals surface area contributed by atoms with Crippen molar-refractivity contribution in [1.29, 1.82) is 0 Å². The first-order valence-corrected chi connectivity index (χ1v) is 10.6. The standard InChI is InChI=1S/C21H24FN5OS/c1-3-4-5-16-6-12-19(13-7-16)27-21(24-25-26-27)29-14-20(28)23-15(2)17-8-10-18(22)11-9-17/h6-13,15H,3-5,14H2,1-2H3,(H,23,28)/t15-/m0/s1. The highest BCUT2D eigenvalue weighted by molar-refractivity contribution is 7.99. The molecule has 6 nitrogen and oxygen atoms in total. The molecule has 3 rings (SSSR count). The molecule has 0 aliphatic heterocycles. The molecule has 1 atom stereocenters. The van der Waals surface area contributed by atoms with Crippen molar-refractivity contribution in [2.24, 2.45) is 0 Å². The molecule has 3 aromatic rings. The van der Waals surface area contributed by atoms with E-state index in [9.17, 15) is 9.18 Å². The van der Waals surface area contributed by atoms with Gasteiger partial charge in [0.15, 0.2) is 0 Å². The van der Waals surface area contributed by atoms with Crippen molar-refractivity contribution in [2.45, 2.75) is 44.3 Å². The molecule has 29 heavy (non-hydrogen) atoms. The molecule has 0 unspecified atom stereocenters. The molecule has 0 saturated heterocycles. The van der Waals surface area contributed by atoms with E-state index in [-0.39, 0.29) is 23.5 Å². The summed E-state index contributed by atoms with van der Waals surface area (Å²) in [6.45, 7) is 4.04. The summed E-state index contributed by atoms with van der Waals surface area (Å²) in [4.78, 5) is 12.3. The first-order valence-electron chi connectivity index (χ1n) is 9.62. The Balaban J connectivity index is 1.57. The number of hydrogen-bond donors (Lipinski definition) is 1. The number of hydrogen-bond acceptors (Lipinski definition) is 5. The van der Waals surface area contributed by atoms with Gasteiger partial charge in [-0.05, 0) is 65.6 Å². The van der Waals surface area contributed by atoms with Crippen LogP contribution in [0.1, 0.15) is 43.9 Å². The van der Waals surface area contributed by atoms with E-state index in [1.807, 2.05) is 19.1 Å². The maximum atomic E-state index is 13.0. The number of aryl methyl sites for hydroxylation is 1. The van der Waals surface area contributed by atoms with Crippen LogP contribution in [0.5, 0.6) is 0 Å². The number of carbonyl (C=O) groups is 1. The van der Waals surface area contributed by atoms with E-state index in [1.165, 1.54) is 29.5 Å². The van der Waals surface area contributed by atoms with E-state index in [0.29, 0.717) is 5.16 Å². The van der Waals surface area contributed by atoms with Crippen LogP contribution in [0.25, 0.3) is 5.69 Å². The number of aromatic nitrogens is 4. The second-order valence-electron chi connectivity index (χ2n) is 6.77. The maximum absolute atomic E-state index is 13.0. The Hall–Kier alpha value is -2.74. The number of thioether (sulfide) groups is 1. The highest BCUT2D eigenvalue weighted by Crippen LogP contribution is 2.20. The van der Waals surface area contributed by atoms with Crippen molar-refractivity contribution in [3.05, 3.63) is 65.5 Å². The van der Waals surface area contributed by atoms with Gasteiger partial charge in [-0.2, -0.15) is 4.68 Å². The third-order valence-corrected chi connectivity index (χ3v) is 5.44. The van der Waals surface area contributed by atoms with Crippen LogP contribution in [0, 0.1) is 5.82 Å². The zero-order valence-electron chi connectivity index (χ0n) is 16.5. The fraction of sp³-hybridized carbons (Fsp3) is 0.333. The van der Waals surface area contributed by atoms with Crippen LogP contribution in [0.4, 0.5) is 4.39 Å². The van der Waals surface area contributed by atoms with Crippen LogP contribution in [-0.4, -0.2) is 31.9 Å². The molecule has 0 aliphatic rings. The van der Waals surface area contributed by atoms with Crippen molar-refractivity contribution in [3.63, 3.8) is 0 Å². The summed E-state index contributed by atoms with van der Waals surface area (Å²) in [6, 6.07) is 14.0. The van der Waals surface area contributed by atoms with E-state index in [1.54, 1.807) is 16.8 Å². The Kier molecular flexibility index (Phi) is 7.35. The van der Waals surface area contributed by atoms with Crippen LogP contribution in [0.15, 0.2) is 53.7 Å². The zero-order valence-corrected chi connectivity index (χ0v) is 17.3. The summed E-state index contributed by atoms with van der Waals surface area (Å²) in [5.41, 5.74) is 2.99. The first-order chi connectivity index (χ1) is 14.1. The molecule has 0 aliphatic carbocycles. The Morgan fingerprint density at radius 3 is 2.59 bits per heavy atom. The highest BCUT2D eigenvalue weighted by atomic mass is 32.2. The number of unbranched alkanes of at least 4 members (excludes halogenated alkanes) is 1. The largest absolute Gasteiger partial charge is 0.349 e. The fourth-order valence-electron chi connectivity index (χ4n) is 2.86. The third-order valence-electron chi connectivity index (χ3n) is 4.52. The Labute approximate surface area is 173 Å². The van der Waals surface area contributed by atoms with Crippen LogP contribution in [-0.2, 0) is 11.2 Å². The van der Waals surface area contributed by atoms with Crippen molar-refractivity contribution >= 4 is 17.7 Å². The van der Waals surface area contributed by atoms with Crippen LogP contribution >= 0.6 is 11.8 Å². The molecule has 0 fully saturated rings. The normalized spacial score (nSPS) is 12.0. The lowest BCUT2D eigenvalue weighted by atomic mass is 10.1. The fourth-order valence-corrected chi connectivity index (χ4v) is 3.57. The van der Waals surface area contributed by atoms with E-state index in [2.05, 4.69) is 39.9 Å². The van der Waals surface area contributed by atoms with Crippen LogP contribution in [0.3, 0.4) is 0 Å². The average molecular weight is 414 g/mol. The molecule has 1 N–H and O–H groups in total. The Bertz CT molecular complexity index is 927. The monoisotopic (exact) mass is 413 g/mol. The van der Waals surface area contributed by atoms with E-state index >= 15 is 0 Å². The van der Waals surface area contributed by atoms with Gasteiger partial charge in [-0.25, -0.2) is 4.39 Å². The highest BCUT2D eigenvalue weighted by Gasteiger charge is 2.14. The Morgan fingerprint density at radius 1 is 1.17 bits per heavy atom. The van der Waals surface area contributed by atoms with Crippen molar-refractivity contribution < 1.29 is 9.18 Å². The second-order valence-corrected chi connectivity index (χ2v) is 7.72. The molecule has 8 heteroatoms. The summed E-state index contributed by atoms with van der Waals surface area (Å²) < 4.78 is 14.7. The second kappa shape index (κ2) is 10.2. The van der Waals surface area contributed by atoms with Gasteiger partial charge in [-0.15, -0.1) is 5.10 Å². The molecule has 152 valence electrons. The summed E-state index contributed by atoms with van der Waals surface area (Å²) in [6.07, 6.45) is 3.38. The summed E-state index contributed by atoms with van der Waals surface area (Å²) in [5, 5.41) is 15.3. The van der Waals surface area contributed by atoms with Gasteiger partial charge in [0, 0.05) is 0 Å². The first kappa shape index (κ1) is 21.0. The van der Waals surface area contributed by atoms with Crippen molar-refractivity contribution in [3.8, 4) is 5.69 Å². The van der Waals surface area contributed by atoms with E-state index in [4.69, 9.17) is 0 Å². The quantitative estimate of drug-likeness (QED) is 0.535. The van der Waals surface area contributed by atoms with Gasteiger partial charge in [0.1, 0.15) is 5.82 Å². The number of nitrogens with one attached hydrogen (secondary N) is 1. The SMILES string of the molecule is CCCCc1ccc(-n2nnnc2SCC(=O)N[C@@H](C)c2ccc(F)cc2)cc1. The Morgan fingerprint density at radius 2 is 1.90 bits per heavy atom. The minimum Gasteiger partial charge on any atom is -0.349 e. The lowest BCUT2D eigenvalue weighted by Crippen LogP contribution is -2.28. The molecule has 1 aromatic heterocycles. The molecular weight excluding hydrogens is 389 g/mol. The summed E-state index contributed by atoms with van der Waals surface area (Å²) in [7, 11) is 0. The lowest BCUT2D eigenvalue weighted by Gasteiger charge is -2.14. The van der Waals surface area contributed by atoms with Gasteiger partial charge in [0.25, 0.3) is 0 Å². The number of tetrazole rings is 1. The number of amides is 1. The molecule has 0 spiro atoms. The third kappa shape index (κ3) is 5.87. The number of rotatable bonds is 9.